The molecule has 0 aromatic heterocycles. The highest BCUT2D eigenvalue weighted by atomic mass is 16.5. The quantitative estimate of drug-likeness (QED) is 0.297. The van der Waals surface area contributed by atoms with Gasteiger partial charge in [-0.15, -0.1) is 0 Å². The molecule has 0 amide bonds. The molecule has 0 saturated heterocycles. The molecule has 3 unspecified atom stereocenters. The molecule has 1 fully saturated rings. The Bertz CT molecular complexity index is 1170. The molecule has 4 heteroatoms. The smallest absolute Gasteiger partial charge is 0.127 e. The molecule has 1 saturated carbocycles. The first-order chi connectivity index (χ1) is 19.4. The normalized spacial score (nSPS) is 19.0. The largest absolute Gasteiger partial charge is 0.457 e. The Morgan fingerprint density at radius 1 is 0.925 bits per heavy atom. The van der Waals surface area contributed by atoms with Crippen LogP contribution in [0.2, 0.25) is 0 Å². The number of fused-ring (bicyclic) bond motifs is 1. The number of benzene rings is 3. The highest BCUT2D eigenvalue weighted by molar-refractivity contribution is 5.56. The molecular formula is C36H51N3O. The van der Waals surface area contributed by atoms with Crippen molar-refractivity contribution in [2.45, 2.75) is 86.0 Å². The van der Waals surface area contributed by atoms with Gasteiger partial charge in [0.25, 0.3) is 0 Å². The second-order valence-electron chi connectivity index (χ2n) is 11.1. The lowest BCUT2D eigenvalue weighted by Gasteiger charge is -2.43. The van der Waals surface area contributed by atoms with E-state index in [1.165, 1.54) is 48.9 Å². The van der Waals surface area contributed by atoms with Crippen molar-refractivity contribution in [2.75, 3.05) is 12.4 Å². The molecule has 40 heavy (non-hydrogen) atoms. The number of anilines is 1. The summed E-state index contributed by atoms with van der Waals surface area (Å²) in [7, 11) is 2.17. The van der Waals surface area contributed by atoms with Gasteiger partial charge in [-0.3, -0.25) is 4.90 Å². The van der Waals surface area contributed by atoms with E-state index in [1.807, 2.05) is 36.4 Å². The number of para-hydroxylation sites is 2. The summed E-state index contributed by atoms with van der Waals surface area (Å²) < 4.78 is 6.11. The minimum atomic E-state index is 0.0189. The highest BCUT2D eigenvalue weighted by Crippen LogP contribution is 2.40. The highest BCUT2D eigenvalue weighted by Gasteiger charge is 2.33. The number of nitrogens with zero attached hydrogens (tertiary/aromatic N) is 1. The number of rotatable bonds is 8. The molecule has 1 aliphatic heterocycles. The maximum absolute atomic E-state index is 6.11. The van der Waals surface area contributed by atoms with Gasteiger partial charge in [0.2, 0.25) is 0 Å². The summed E-state index contributed by atoms with van der Waals surface area (Å²) in [5.74, 6) is 3.17. The fraction of sp³-hybridized carbons (Fsp3) is 0.444. The summed E-state index contributed by atoms with van der Waals surface area (Å²) in [6, 6.07) is 26.9. The minimum absolute atomic E-state index is 0.0189. The third-order valence-corrected chi connectivity index (χ3v) is 7.26. The van der Waals surface area contributed by atoms with Crippen molar-refractivity contribution in [1.29, 1.82) is 0 Å². The fourth-order valence-electron chi connectivity index (χ4n) is 4.77. The van der Waals surface area contributed by atoms with Crippen LogP contribution in [0.1, 0.15) is 97.1 Å². The predicted octanol–water partition coefficient (Wildman–Crippen LogP) is 10.3. The second-order valence-corrected chi connectivity index (χ2v) is 11.1. The van der Waals surface area contributed by atoms with E-state index in [0.29, 0.717) is 5.92 Å². The number of hydrogen-bond acceptors (Lipinski definition) is 4. The monoisotopic (exact) mass is 541 g/mol. The van der Waals surface area contributed by atoms with Gasteiger partial charge in [-0.05, 0) is 74.5 Å². The van der Waals surface area contributed by atoms with Gasteiger partial charge in [-0.25, -0.2) is 0 Å². The van der Waals surface area contributed by atoms with Crippen LogP contribution in [-0.4, -0.2) is 11.9 Å². The van der Waals surface area contributed by atoms with Crippen molar-refractivity contribution in [2.24, 2.45) is 11.8 Å². The van der Waals surface area contributed by atoms with Crippen LogP contribution in [-0.2, 0) is 0 Å². The zero-order valence-electron chi connectivity index (χ0n) is 25.8. The van der Waals surface area contributed by atoms with Crippen LogP contribution in [0.25, 0.3) is 0 Å². The van der Waals surface area contributed by atoms with Crippen LogP contribution in [0.3, 0.4) is 0 Å². The lowest BCUT2D eigenvalue weighted by Crippen LogP contribution is -2.44. The molecule has 3 atom stereocenters. The Morgan fingerprint density at radius 3 is 2.20 bits per heavy atom. The molecule has 2 N–H and O–H groups in total. The van der Waals surface area contributed by atoms with Gasteiger partial charge in [0.15, 0.2) is 0 Å². The maximum atomic E-state index is 6.11. The predicted molar refractivity (Wildman–Crippen MR) is 172 cm³/mol. The molecule has 0 radical (unpaired) electrons. The lowest BCUT2D eigenvalue weighted by molar-refractivity contribution is 0.159. The van der Waals surface area contributed by atoms with Crippen LogP contribution in [0.15, 0.2) is 90.6 Å². The molecule has 1 aliphatic carbocycles. The fourth-order valence-corrected chi connectivity index (χ4v) is 4.77. The van der Waals surface area contributed by atoms with Crippen LogP contribution in [0, 0.1) is 11.8 Å². The van der Waals surface area contributed by atoms with Crippen LogP contribution >= 0.6 is 0 Å². The van der Waals surface area contributed by atoms with Crippen molar-refractivity contribution in [3.63, 3.8) is 0 Å². The maximum Gasteiger partial charge on any atom is 0.127 e. The van der Waals surface area contributed by atoms with E-state index in [1.54, 1.807) is 0 Å². The number of nitrogens with one attached hydrogen (secondary N) is 2. The average Bonchev–Trinajstić information content (AvgIpc) is 3.82. The van der Waals surface area contributed by atoms with Crippen molar-refractivity contribution >= 4 is 5.69 Å². The average molecular weight is 542 g/mol. The molecule has 216 valence electrons. The molecular weight excluding hydrogens is 490 g/mol. The van der Waals surface area contributed by atoms with Gasteiger partial charge in [0.05, 0.1) is 0 Å². The van der Waals surface area contributed by atoms with Crippen LogP contribution in [0.4, 0.5) is 5.69 Å². The van der Waals surface area contributed by atoms with Gasteiger partial charge in [-0.1, -0.05) is 108 Å². The van der Waals surface area contributed by atoms with Crippen LogP contribution in [0.5, 0.6) is 11.5 Å². The Kier molecular flexibility index (Phi) is 12.6. The van der Waals surface area contributed by atoms with Crippen molar-refractivity contribution in [1.82, 2.24) is 10.2 Å². The first kappa shape index (κ1) is 31.3. The SMILES string of the molecule is C/C(=C\C(C)C1CC1)NC1c2ccccc2NC(c2cccc(Oc3ccccc3)c2)N1C.CCC.CCCC. The standard InChI is InChI=1S/C29H33N3O.C4H10.C3H8/c1-20(22-16-17-22)18-21(2)30-29-26-14-7-8-15-27(26)31-28(32(29)3)23-10-9-13-25(19-23)33-24-11-5-4-6-12-24;1-3-4-2;1-3-2/h4-15,18-20,22,28-31H,16-17H2,1-3H3;3-4H2,1-2H3;3H2,1-2H3/b21-18+;;. The molecule has 3 aromatic carbocycles. The first-order valence-corrected chi connectivity index (χ1v) is 15.3. The van der Waals surface area contributed by atoms with Crippen molar-refractivity contribution in [3.8, 4) is 11.5 Å². The molecule has 5 rings (SSSR count). The Labute approximate surface area is 243 Å². The molecule has 0 bridgehead atoms. The van der Waals surface area contributed by atoms with Gasteiger partial charge < -0.3 is 15.4 Å². The van der Waals surface area contributed by atoms with Gasteiger partial charge in [0.1, 0.15) is 23.8 Å². The number of allylic oxidation sites excluding steroid dienone is 2. The Hall–Kier alpha value is -3.24. The molecule has 1 heterocycles. The zero-order chi connectivity index (χ0) is 28.9. The summed E-state index contributed by atoms with van der Waals surface area (Å²) in [6.45, 7) is 13.1. The molecule has 3 aromatic rings. The topological polar surface area (TPSA) is 36.5 Å². The summed E-state index contributed by atoms with van der Waals surface area (Å²) in [5, 5.41) is 7.55. The third kappa shape index (κ3) is 9.16. The van der Waals surface area contributed by atoms with E-state index in [2.05, 4.69) is 113 Å². The Morgan fingerprint density at radius 2 is 1.55 bits per heavy atom. The van der Waals surface area contributed by atoms with Gasteiger partial charge in [-0.2, -0.15) is 0 Å². The Balaban J connectivity index is 0.000000569. The summed E-state index contributed by atoms with van der Waals surface area (Å²) in [5.41, 5.74) is 4.83. The molecule has 4 nitrogen and oxygen atoms in total. The summed E-state index contributed by atoms with van der Waals surface area (Å²) in [6.07, 6.45) is 9.12. The minimum Gasteiger partial charge on any atom is -0.457 e. The number of unbranched alkanes of at least 4 members (excludes halogenated alkanes) is 1. The number of hydrogen-bond donors (Lipinski definition) is 2. The summed E-state index contributed by atoms with van der Waals surface area (Å²) in [4.78, 5) is 2.36. The lowest BCUT2D eigenvalue weighted by atomic mass is 10.0. The van der Waals surface area contributed by atoms with Crippen molar-refractivity contribution in [3.05, 3.63) is 102 Å². The van der Waals surface area contributed by atoms with E-state index >= 15 is 0 Å². The molecule has 0 spiro atoms. The van der Waals surface area contributed by atoms with Gasteiger partial charge >= 0.3 is 0 Å². The van der Waals surface area contributed by atoms with E-state index in [9.17, 15) is 0 Å². The third-order valence-electron chi connectivity index (χ3n) is 7.26. The second kappa shape index (κ2) is 16.1. The van der Waals surface area contributed by atoms with Crippen LogP contribution < -0.4 is 15.4 Å². The van der Waals surface area contributed by atoms with Crippen molar-refractivity contribution < 1.29 is 4.74 Å². The number of ether oxygens (including phenoxy) is 1. The molecule has 2 aliphatic rings. The van der Waals surface area contributed by atoms with E-state index < -0.39 is 0 Å². The van der Waals surface area contributed by atoms with E-state index in [0.717, 1.165) is 23.1 Å². The van der Waals surface area contributed by atoms with E-state index in [4.69, 9.17) is 4.74 Å². The van der Waals surface area contributed by atoms with Gasteiger partial charge in [0, 0.05) is 16.9 Å². The van der Waals surface area contributed by atoms with E-state index in [-0.39, 0.29) is 12.3 Å². The zero-order valence-corrected chi connectivity index (χ0v) is 25.8. The first-order valence-electron chi connectivity index (χ1n) is 15.3. The summed E-state index contributed by atoms with van der Waals surface area (Å²) >= 11 is 0.